The van der Waals surface area contributed by atoms with Crippen LogP contribution in [0.25, 0.3) is 11.1 Å². The van der Waals surface area contributed by atoms with E-state index in [1.165, 1.54) is 4.68 Å². The van der Waals surface area contributed by atoms with Crippen LogP contribution in [0.2, 0.25) is 0 Å². The first-order chi connectivity index (χ1) is 9.65. The van der Waals surface area contributed by atoms with Crippen molar-refractivity contribution in [2.75, 3.05) is 12.4 Å². The average Bonchev–Trinajstić information content (AvgIpc) is 2.77. The second-order valence-electron chi connectivity index (χ2n) is 3.88. The molecule has 0 saturated heterocycles. The fourth-order valence-corrected chi connectivity index (χ4v) is 1.90. The predicted molar refractivity (Wildman–Crippen MR) is 79.9 cm³/mol. The van der Waals surface area contributed by atoms with Crippen molar-refractivity contribution in [1.29, 1.82) is 0 Å². The number of nitrogen functional groups attached to an aromatic ring is 1. The Morgan fingerprint density at radius 3 is 2.50 bits per heavy atom. The lowest BCUT2D eigenvalue weighted by atomic mass is 10.1. The SMILES string of the molecule is CC.CCOC(=O)c1c(C)c(-c2ccncc2)cn1N. The minimum atomic E-state index is -0.405. The lowest BCUT2D eigenvalue weighted by Crippen LogP contribution is -2.18. The van der Waals surface area contributed by atoms with Gasteiger partial charge in [0.15, 0.2) is 5.69 Å². The number of carbonyl (C=O) groups excluding carboxylic acids is 1. The molecule has 108 valence electrons. The fourth-order valence-electron chi connectivity index (χ4n) is 1.90. The molecule has 5 nitrogen and oxygen atoms in total. The Kier molecular flexibility index (Phi) is 5.77. The van der Waals surface area contributed by atoms with Crippen LogP contribution in [0.5, 0.6) is 0 Å². The summed E-state index contributed by atoms with van der Waals surface area (Å²) in [4.78, 5) is 15.8. The van der Waals surface area contributed by atoms with Crippen LogP contribution < -0.4 is 5.84 Å². The molecule has 0 saturated carbocycles. The summed E-state index contributed by atoms with van der Waals surface area (Å²) in [6, 6.07) is 3.74. The Hall–Kier alpha value is -2.30. The van der Waals surface area contributed by atoms with Crippen molar-refractivity contribution in [1.82, 2.24) is 9.66 Å². The topological polar surface area (TPSA) is 70.1 Å². The molecule has 20 heavy (non-hydrogen) atoms. The quantitative estimate of drug-likeness (QED) is 0.690. The number of aromatic nitrogens is 2. The van der Waals surface area contributed by atoms with Crippen molar-refractivity contribution >= 4 is 5.97 Å². The maximum absolute atomic E-state index is 11.8. The maximum Gasteiger partial charge on any atom is 0.357 e. The monoisotopic (exact) mass is 275 g/mol. The Balaban J connectivity index is 0.000000956. The smallest absolute Gasteiger partial charge is 0.357 e. The van der Waals surface area contributed by atoms with Gasteiger partial charge in [0.25, 0.3) is 0 Å². The number of carbonyl (C=O) groups is 1. The molecule has 0 aromatic carbocycles. The van der Waals surface area contributed by atoms with Crippen LogP contribution in [0.15, 0.2) is 30.7 Å². The van der Waals surface area contributed by atoms with Gasteiger partial charge in [-0.3, -0.25) is 9.66 Å². The molecule has 2 rings (SSSR count). The number of hydrogen-bond donors (Lipinski definition) is 1. The molecule has 0 fully saturated rings. The number of rotatable bonds is 3. The highest BCUT2D eigenvalue weighted by Crippen LogP contribution is 2.26. The molecule has 0 unspecified atom stereocenters. The predicted octanol–water partition coefficient (Wildman–Crippen LogP) is 2.78. The first-order valence-electron chi connectivity index (χ1n) is 6.69. The Morgan fingerprint density at radius 1 is 1.35 bits per heavy atom. The molecule has 0 amide bonds. The number of pyridine rings is 1. The zero-order chi connectivity index (χ0) is 15.1. The van der Waals surface area contributed by atoms with Crippen LogP contribution in [-0.4, -0.2) is 22.2 Å². The van der Waals surface area contributed by atoms with Crippen molar-refractivity contribution in [3.05, 3.63) is 42.0 Å². The number of esters is 1. The van der Waals surface area contributed by atoms with Gasteiger partial charge in [0, 0.05) is 24.2 Å². The molecule has 0 aliphatic rings. The summed E-state index contributed by atoms with van der Waals surface area (Å²) in [5, 5.41) is 0. The van der Waals surface area contributed by atoms with Crippen molar-refractivity contribution in [2.45, 2.75) is 27.7 Å². The Bertz CT molecular complexity index is 562. The molecule has 0 bridgehead atoms. The van der Waals surface area contributed by atoms with Gasteiger partial charge >= 0.3 is 5.97 Å². The number of ether oxygens (including phenoxy) is 1. The van der Waals surface area contributed by atoms with E-state index in [9.17, 15) is 4.79 Å². The van der Waals surface area contributed by atoms with E-state index in [0.717, 1.165) is 16.7 Å². The first kappa shape index (κ1) is 15.8. The normalized spacial score (nSPS) is 9.60. The van der Waals surface area contributed by atoms with Gasteiger partial charge in [0.1, 0.15) is 0 Å². The summed E-state index contributed by atoms with van der Waals surface area (Å²) in [7, 11) is 0. The lowest BCUT2D eigenvalue weighted by Gasteiger charge is -2.04. The second kappa shape index (κ2) is 7.33. The highest BCUT2D eigenvalue weighted by molar-refractivity contribution is 5.92. The van der Waals surface area contributed by atoms with Crippen molar-refractivity contribution in [3.8, 4) is 11.1 Å². The van der Waals surface area contributed by atoms with Gasteiger partial charge in [-0.25, -0.2) is 4.79 Å². The zero-order valence-corrected chi connectivity index (χ0v) is 12.4. The summed E-state index contributed by atoms with van der Waals surface area (Å²) in [5.41, 5.74) is 3.06. The van der Waals surface area contributed by atoms with E-state index >= 15 is 0 Å². The van der Waals surface area contributed by atoms with Gasteiger partial charge in [-0.1, -0.05) is 13.8 Å². The van der Waals surface area contributed by atoms with Crippen molar-refractivity contribution in [2.24, 2.45) is 0 Å². The number of hydrogen-bond acceptors (Lipinski definition) is 4. The van der Waals surface area contributed by atoms with Crippen LogP contribution in [0.1, 0.15) is 36.8 Å². The van der Waals surface area contributed by atoms with Gasteiger partial charge < -0.3 is 10.6 Å². The molecule has 0 spiro atoms. The molecule has 2 aromatic rings. The summed E-state index contributed by atoms with van der Waals surface area (Å²) in [6.07, 6.45) is 5.12. The van der Waals surface area contributed by atoms with Crippen molar-refractivity contribution < 1.29 is 9.53 Å². The lowest BCUT2D eigenvalue weighted by molar-refractivity contribution is 0.0515. The van der Waals surface area contributed by atoms with Gasteiger partial charge in [0.2, 0.25) is 0 Å². The third-order valence-electron chi connectivity index (χ3n) is 2.75. The first-order valence-corrected chi connectivity index (χ1v) is 6.69. The highest BCUT2D eigenvalue weighted by atomic mass is 16.5. The molecule has 2 N–H and O–H groups in total. The minimum absolute atomic E-state index is 0.327. The summed E-state index contributed by atoms with van der Waals surface area (Å²) < 4.78 is 6.30. The number of nitrogens with two attached hydrogens (primary N) is 1. The van der Waals surface area contributed by atoms with Gasteiger partial charge in [-0.05, 0) is 37.1 Å². The van der Waals surface area contributed by atoms with Crippen LogP contribution >= 0.6 is 0 Å². The summed E-state index contributed by atoms with van der Waals surface area (Å²) >= 11 is 0. The van der Waals surface area contributed by atoms with Gasteiger partial charge in [0.05, 0.1) is 6.61 Å². The van der Waals surface area contributed by atoms with Crippen LogP contribution in [-0.2, 0) is 4.74 Å². The standard InChI is InChI=1S/C13H15N3O2.C2H6/c1-3-18-13(17)12-9(2)11(8-16(12)14)10-4-6-15-7-5-10;1-2/h4-8H,3,14H2,1-2H3;1-2H3. The fraction of sp³-hybridized carbons (Fsp3) is 0.333. The second-order valence-corrected chi connectivity index (χ2v) is 3.88. The Labute approximate surface area is 119 Å². The summed E-state index contributed by atoms with van der Waals surface area (Å²) in [5.74, 6) is 5.41. The molecular formula is C15H21N3O2. The van der Waals surface area contributed by atoms with Crippen LogP contribution in [0.4, 0.5) is 0 Å². The average molecular weight is 275 g/mol. The molecule has 0 aliphatic carbocycles. The van der Waals surface area contributed by atoms with E-state index in [1.807, 2.05) is 32.9 Å². The van der Waals surface area contributed by atoms with Crippen LogP contribution in [0.3, 0.4) is 0 Å². The minimum Gasteiger partial charge on any atom is -0.461 e. The van der Waals surface area contributed by atoms with E-state index in [0.29, 0.717) is 12.3 Å². The molecule has 2 aromatic heterocycles. The molecular weight excluding hydrogens is 254 g/mol. The number of nitrogens with zero attached hydrogens (tertiary/aromatic N) is 2. The molecule has 0 aliphatic heterocycles. The van der Waals surface area contributed by atoms with E-state index in [4.69, 9.17) is 10.6 Å². The Morgan fingerprint density at radius 2 is 1.95 bits per heavy atom. The summed E-state index contributed by atoms with van der Waals surface area (Å²) in [6.45, 7) is 7.94. The van der Waals surface area contributed by atoms with Gasteiger partial charge in [-0.15, -0.1) is 0 Å². The molecule has 2 heterocycles. The largest absolute Gasteiger partial charge is 0.461 e. The molecule has 0 radical (unpaired) electrons. The van der Waals surface area contributed by atoms with Crippen LogP contribution in [0, 0.1) is 6.92 Å². The van der Waals surface area contributed by atoms with E-state index < -0.39 is 5.97 Å². The highest BCUT2D eigenvalue weighted by Gasteiger charge is 2.19. The molecule has 5 heteroatoms. The zero-order valence-electron chi connectivity index (χ0n) is 12.4. The molecule has 0 atom stereocenters. The van der Waals surface area contributed by atoms with Gasteiger partial charge in [-0.2, -0.15) is 0 Å². The maximum atomic E-state index is 11.8. The van der Waals surface area contributed by atoms with E-state index in [2.05, 4.69) is 4.98 Å². The van der Waals surface area contributed by atoms with E-state index in [-0.39, 0.29) is 0 Å². The third-order valence-corrected chi connectivity index (χ3v) is 2.75. The van der Waals surface area contributed by atoms with Crippen molar-refractivity contribution in [3.63, 3.8) is 0 Å². The van der Waals surface area contributed by atoms with E-state index in [1.54, 1.807) is 25.5 Å². The third kappa shape index (κ3) is 3.17.